The van der Waals surface area contributed by atoms with Crippen LogP contribution in [0.1, 0.15) is 19.1 Å². The van der Waals surface area contributed by atoms with Gasteiger partial charge in [-0.2, -0.15) is 4.98 Å². The number of aromatic nitrogens is 4. The number of rotatable bonds is 1. The van der Waals surface area contributed by atoms with E-state index in [1.54, 1.807) is 0 Å². The molecular formula is C14H14BrN5O6PS-. The summed E-state index contributed by atoms with van der Waals surface area (Å²) in [6, 6.07) is 0. The molecule has 5 heterocycles. The van der Waals surface area contributed by atoms with Crippen LogP contribution >= 0.6 is 23.5 Å². The normalized spacial score (nSPS) is 32.7. The van der Waals surface area contributed by atoms with Crippen molar-refractivity contribution < 1.29 is 23.7 Å². The lowest BCUT2D eigenvalue weighted by atomic mass is 10.1. The van der Waals surface area contributed by atoms with Gasteiger partial charge in [0.05, 0.1) is 6.61 Å². The molecule has 3 aliphatic rings. The van der Waals surface area contributed by atoms with Crippen molar-refractivity contribution in [3.63, 3.8) is 0 Å². The summed E-state index contributed by atoms with van der Waals surface area (Å²) in [6.07, 6.45) is -2.29. The summed E-state index contributed by atoms with van der Waals surface area (Å²) in [5, 5.41) is 13.4. The average Bonchev–Trinajstić information content (AvgIpc) is 3.06. The van der Waals surface area contributed by atoms with Gasteiger partial charge in [0.2, 0.25) is 11.9 Å². The Kier molecular flexibility index (Phi) is 4.74. The predicted molar refractivity (Wildman–Crippen MR) is 102 cm³/mol. The molecule has 2 unspecified atom stereocenters. The number of hydrogen-bond donors (Lipinski definition) is 2. The summed E-state index contributed by atoms with van der Waals surface area (Å²) >= 11 is 8.37. The summed E-state index contributed by atoms with van der Waals surface area (Å²) in [4.78, 5) is 33.5. The zero-order chi connectivity index (χ0) is 19.6. The molecule has 0 spiro atoms. The lowest BCUT2D eigenvalue weighted by Crippen LogP contribution is -2.38. The molecule has 5 atom stereocenters. The summed E-state index contributed by atoms with van der Waals surface area (Å²) in [5.74, 6) is -0.0673. The van der Waals surface area contributed by atoms with Crippen LogP contribution in [0.15, 0.2) is 9.53 Å². The molecular weight excluding hydrogens is 477 g/mol. The Hall–Kier alpha value is -1.08. The van der Waals surface area contributed by atoms with Crippen LogP contribution in [0.25, 0.3) is 11.2 Å². The van der Waals surface area contributed by atoms with Crippen LogP contribution in [0.5, 0.6) is 0 Å². The van der Waals surface area contributed by atoms with Gasteiger partial charge in [0.25, 0.3) is 5.56 Å². The fraction of sp³-hybridized carbons (Fsp3) is 0.571. The number of ether oxygens (including phenoxy) is 1. The number of imidazole rings is 1. The third kappa shape index (κ3) is 2.92. The van der Waals surface area contributed by atoms with Gasteiger partial charge in [-0.05, 0) is 22.4 Å². The van der Waals surface area contributed by atoms with Crippen molar-refractivity contribution in [2.24, 2.45) is 0 Å². The third-order valence-electron chi connectivity index (χ3n) is 4.91. The quantitative estimate of drug-likeness (QED) is 0.334. The number of halogens is 1. The first-order chi connectivity index (χ1) is 13.4. The highest BCUT2D eigenvalue weighted by Crippen LogP contribution is 2.48. The lowest BCUT2D eigenvalue weighted by Gasteiger charge is -2.35. The number of fused-ring (bicyclic) bond motifs is 3. The van der Waals surface area contributed by atoms with Crippen LogP contribution in [0.3, 0.4) is 0 Å². The van der Waals surface area contributed by atoms with Crippen LogP contribution in [-0.4, -0.2) is 55.0 Å². The zero-order valence-corrected chi connectivity index (χ0v) is 17.4. The number of hydrogen-bond acceptors (Lipinski definition) is 9. The summed E-state index contributed by atoms with van der Waals surface area (Å²) < 4.78 is 19.9. The molecule has 0 radical (unpaired) electrons. The number of carbonyl (C=O) groups excluding carboxylic acids is 1. The van der Waals surface area contributed by atoms with Gasteiger partial charge in [0, 0.05) is 20.5 Å². The number of carbonyl (C=O) groups is 1. The van der Waals surface area contributed by atoms with E-state index in [1.165, 1.54) is 9.13 Å². The number of aliphatic hydroxyl groups excluding tert-OH is 1. The Bertz CT molecular complexity index is 1030. The monoisotopic (exact) mass is 490 g/mol. The van der Waals surface area contributed by atoms with E-state index >= 15 is 0 Å². The third-order valence-corrected chi connectivity index (χ3v) is 6.82. The fourth-order valence-corrected chi connectivity index (χ4v) is 5.42. The first kappa shape index (κ1) is 18.9. The first-order valence-corrected chi connectivity index (χ1v) is 11.5. The van der Waals surface area contributed by atoms with Crippen molar-refractivity contribution in [2.75, 3.05) is 11.9 Å². The summed E-state index contributed by atoms with van der Waals surface area (Å²) in [5.41, 5.74) is -0.0741. The van der Waals surface area contributed by atoms with Gasteiger partial charge >= 0.3 is 0 Å². The standard InChI is InChI=1S/C14H14BrN5O6PS/c15-13-17-7-10(18-14-16-6(21)2-1-3-19(14)11(7)23)20(13)12-8(22)9-5(25-12)4-24-27(28)26-9/h5,8-9,12,22H,1-4H2,(H,16,18,21)/q-1/t5?,8-,9+,12+,27?/m0/s1. The molecule has 0 bridgehead atoms. The van der Waals surface area contributed by atoms with Crippen molar-refractivity contribution >= 4 is 58.8 Å². The molecule has 2 fully saturated rings. The number of nitrogens with zero attached hydrogens (tertiary/aromatic N) is 4. The maximum absolute atomic E-state index is 12.9. The van der Waals surface area contributed by atoms with Crippen molar-refractivity contribution in [3.8, 4) is 0 Å². The Morgan fingerprint density at radius 1 is 1.36 bits per heavy atom. The maximum atomic E-state index is 12.9. The topological polar surface area (TPSA) is 130 Å². The highest BCUT2D eigenvalue weighted by atomic mass is 79.9. The maximum Gasteiger partial charge on any atom is 0.283 e. The van der Waals surface area contributed by atoms with Gasteiger partial charge in [-0.25, -0.2) is 4.98 Å². The Morgan fingerprint density at radius 3 is 3.00 bits per heavy atom. The van der Waals surface area contributed by atoms with Gasteiger partial charge in [0.15, 0.2) is 22.1 Å². The zero-order valence-electron chi connectivity index (χ0n) is 14.1. The molecule has 0 aromatic carbocycles. The predicted octanol–water partition coefficient (Wildman–Crippen LogP) is 0.535. The number of aliphatic hydroxyl groups is 1. The minimum Gasteiger partial charge on any atom is -0.700 e. The molecule has 0 saturated carbocycles. The van der Waals surface area contributed by atoms with Crippen molar-refractivity contribution in [1.29, 1.82) is 0 Å². The molecule has 1 amide bonds. The van der Waals surface area contributed by atoms with E-state index in [-0.39, 0.29) is 39.9 Å². The fourth-order valence-electron chi connectivity index (χ4n) is 3.61. The Morgan fingerprint density at radius 2 is 2.18 bits per heavy atom. The van der Waals surface area contributed by atoms with Gasteiger partial charge < -0.3 is 31.1 Å². The van der Waals surface area contributed by atoms with Crippen molar-refractivity contribution in [3.05, 3.63) is 15.1 Å². The largest absolute Gasteiger partial charge is 0.700 e. The minimum absolute atomic E-state index is 0.111. The van der Waals surface area contributed by atoms with Crippen LogP contribution in [0, 0.1) is 0 Å². The number of amides is 1. The molecule has 28 heavy (non-hydrogen) atoms. The molecule has 2 N–H and O–H groups in total. The van der Waals surface area contributed by atoms with Gasteiger partial charge in [-0.3, -0.25) is 24.0 Å². The molecule has 3 aliphatic heterocycles. The van der Waals surface area contributed by atoms with Gasteiger partial charge in [-0.1, -0.05) is 0 Å². The van der Waals surface area contributed by atoms with E-state index in [4.69, 9.17) is 26.0 Å². The Balaban J connectivity index is 1.62. The van der Waals surface area contributed by atoms with Crippen LogP contribution in [0.2, 0.25) is 0 Å². The minimum atomic E-state index is -1.50. The number of anilines is 1. The average molecular weight is 491 g/mol. The van der Waals surface area contributed by atoms with Gasteiger partial charge in [0.1, 0.15) is 18.3 Å². The second-order valence-corrected chi connectivity index (χ2v) is 9.13. The van der Waals surface area contributed by atoms with E-state index in [1.807, 2.05) is 0 Å². The molecule has 5 rings (SSSR count). The summed E-state index contributed by atoms with van der Waals surface area (Å²) in [6.45, 7) is 0.569. The molecule has 2 saturated heterocycles. The Labute approximate surface area is 172 Å². The smallest absolute Gasteiger partial charge is 0.283 e. The highest BCUT2D eigenvalue weighted by molar-refractivity contribution is 9.10. The van der Waals surface area contributed by atoms with E-state index in [2.05, 4.69) is 31.2 Å². The second kappa shape index (κ2) is 7.01. The molecule has 11 nitrogen and oxygen atoms in total. The van der Waals surface area contributed by atoms with Crippen molar-refractivity contribution in [1.82, 2.24) is 19.1 Å². The van der Waals surface area contributed by atoms with E-state index in [9.17, 15) is 14.7 Å². The molecule has 14 heteroatoms. The van der Waals surface area contributed by atoms with Crippen molar-refractivity contribution in [2.45, 2.75) is 43.9 Å². The van der Waals surface area contributed by atoms with Gasteiger partial charge in [-0.15, -0.1) is 0 Å². The molecule has 150 valence electrons. The second-order valence-electron chi connectivity index (χ2n) is 6.61. The lowest BCUT2D eigenvalue weighted by molar-refractivity contribution is -0.116. The van der Waals surface area contributed by atoms with Crippen LogP contribution in [-0.2, 0) is 37.4 Å². The highest BCUT2D eigenvalue weighted by Gasteiger charge is 2.49. The van der Waals surface area contributed by atoms with Crippen LogP contribution < -0.4 is 10.9 Å². The van der Waals surface area contributed by atoms with E-state index in [0.717, 1.165) is 0 Å². The van der Waals surface area contributed by atoms with E-state index < -0.39 is 32.1 Å². The molecule has 2 aromatic heterocycles. The van der Waals surface area contributed by atoms with Crippen LogP contribution in [0.4, 0.5) is 5.95 Å². The summed E-state index contributed by atoms with van der Waals surface area (Å²) in [7, 11) is -1.50. The van der Waals surface area contributed by atoms with E-state index in [0.29, 0.717) is 19.4 Å². The molecule has 2 aromatic rings. The first-order valence-electron chi connectivity index (χ1n) is 8.52. The number of nitrogens with one attached hydrogen (secondary N) is 1. The molecule has 0 aliphatic carbocycles. The SMILES string of the molecule is O=C1CCCn2c(nc3c(nc(Br)n3[C@@H]3OC4COP([S-])O[C@H]4[C@@H]3O)c2=O)N1.